The van der Waals surface area contributed by atoms with E-state index in [4.69, 9.17) is 9.47 Å². The Morgan fingerprint density at radius 3 is 2.62 bits per heavy atom. The SMILES string of the molecule is COc1ccc(OCCc2cccc3c2CC(=O)N3)cc1. The molecule has 4 nitrogen and oxygen atoms in total. The van der Waals surface area contributed by atoms with Crippen LogP contribution in [0.2, 0.25) is 0 Å². The summed E-state index contributed by atoms with van der Waals surface area (Å²) in [5.41, 5.74) is 3.20. The van der Waals surface area contributed by atoms with E-state index in [0.717, 1.165) is 29.2 Å². The Hall–Kier alpha value is -2.49. The predicted octanol–water partition coefficient (Wildman–Crippen LogP) is 2.81. The first-order valence-corrected chi connectivity index (χ1v) is 6.94. The van der Waals surface area contributed by atoms with E-state index in [1.807, 2.05) is 36.4 Å². The zero-order valence-electron chi connectivity index (χ0n) is 11.9. The lowest BCUT2D eigenvalue weighted by Gasteiger charge is -2.09. The molecule has 1 aliphatic rings. The highest BCUT2D eigenvalue weighted by Crippen LogP contribution is 2.26. The van der Waals surface area contributed by atoms with Gasteiger partial charge < -0.3 is 14.8 Å². The third-order valence-corrected chi connectivity index (χ3v) is 3.58. The summed E-state index contributed by atoms with van der Waals surface area (Å²) >= 11 is 0. The molecule has 0 spiro atoms. The van der Waals surface area contributed by atoms with Crippen LogP contribution >= 0.6 is 0 Å². The van der Waals surface area contributed by atoms with Crippen molar-refractivity contribution in [3.05, 3.63) is 53.6 Å². The highest BCUT2D eigenvalue weighted by atomic mass is 16.5. The van der Waals surface area contributed by atoms with Crippen molar-refractivity contribution in [1.29, 1.82) is 0 Å². The summed E-state index contributed by atoms with van der Waals surface area (Å²) in [6, 6.07) is 13.5. The van der Waals surface area contributed by atoms with E-state index >= 15 is 0 Å². The van der Waals surface area contributed by atoms with E-state index < -0.39 is 0 Å². The number of nitrogens with one attached hydrogen (secondary N) is 1. The molecular formula is C17H17NO3. The standard InChI is InChI=1S/C17H17NO3/c1-20-13-5-7-14(8-6-13)21-10-9-12-3-2-4-16-15(12)11-17(19)18-16/h2-8H,9-11H2,1H3,(H,18,19). The highest BCUT2D eigenvalue weighted by molar-refractivity contribution is 5.99. The maximum absolute atomic E-state index is 11.5. The number of ether oxygens (including phenoxy) is 2. The van der Waals surface area contributed by atoms with Crippen LogP contribution in [0, 0.1) is 0 Å². The van der Waals surface area contributed by atoms with E-state index in [1.165, 1.54) is 5.56 Å². The topological polar surface area (TPSA) is 47.6 Å². The fourth-order valence-electron chi connectivity index (χ4n) is 2.50. The van der Waals surface area contributed by atoms with Gasteiger partial charge in [0.25, 0.3) is 0 Å². The molecule has 0 saturated carbocycles. The average Bonchev–Trinajstić information content (AvgIpc) is 2.89. The third kappa shape index (κ3) is 2.99. The molecule has 21 heavy (non-hydrogen) atoms. The van der Waals surface area contributed by atoms with Crippen LogP contribution in [0.25, 0.3) is 0 Å². The quantitative estimate of drug-likeness (QED) is 0.918. The third-order valence-electron chi connectivity index (χ3n) is 3.58. The zero-order valence-corrected chi connectivity index (χ0v) is 11.9. The Bertz CT molecular complexity index is 650. The fraction of sp³-hybridized carbons (Fsp3) is 0.235. The van der Waals surface area contributed by atoms with Crippen LogP contribution < -0.4 is 14.8 Å². The molecule has 0 atom stereocenters. The van der Waals surface area contributed by atoms with Gasteiger partial charge in [-0.3, -0.25) is 4.79 Å². The number of fused-ring (bicyclic) bond motifs is 1. The molecule has 0 aliphatic carbocycles. The summed E-state index contributed by atoms with van der Waals surface area (Å²) in [7, 11) is 1.64. The lowest BCUT2D eigenvalue weighted by atomic mass is 10.0. The summed E-state index contributed by atoms with van der Waals surface area (Å²) in [4.78, 5) is 11.5. The maximum Gasteiger partial charge on any atom is 0.228 e. The lowest BCUT2D eigenvalue weighted by molar-refractivity contribution is -0.115. The van der Waals surface area contributed by atoms with Crippen molar-refractivity contribution < 1.29 is 14.3 Å². The van der Waals surface area contributed by atoms with Crippen molar-refractivity contribution in [2.75, 3.05) is 19.0 Å². The number of anilines is 1. The molecule has 108 valence electrons. The molecule has 4 heteroatoms. The van der Waals surface area contributed by atoms with Crippen molar-refractivity contribution in [3.63, 3.8) is 0 Å². The van der Waals surface area contributed by atoms with E-state index in [0.29, 0.717) is 13.0 Å². The molecule has 0 aromatic heterocycles. The van der Waals surface area contributed by atoms with Crippen LogP contribution in [0.15, 0.2) is 42.5 Å². The van der Waals surface area contributed by atoms with Crippen molar-refractivity contribution in [2.45, 2.75) is 12.8 Å². The molecule has 0 radical (unpaired) electrons. The van der Waals surface area contributed by atoms with Gasteiger partial charge in [0.15, 0.2) is 0 Å². The zero-order chi connectivity index (χ0) is 14.7. The Morgan fingerprint density at radius 1 is 1.10 bits per heavy atom. The second kappa shape index (κ2) is 5.87. The molecule has 0 fully saturated rings. The summed E-state index contributed by atoms with van der Waals surface area (Å²) in [6.07, 6.45) is 1.25. The molecule has 2 aromatic rings. The van der Waals surface area contributed by atoms with Crippen LogP contribution in [0.5, 0.6) is 11.5 Å². The Morgan fingerprint density at radius 2 is 1.86 bits per heavy atom. The van der Waals surface area contributed by atoms with Gasteiger partial charge in [0.1, 0.15) is 11.5 Å². The second-order valence-corrected chi connectivity index (χ2v) is 4.94. The van der Waals surface area contributed by atoms with Gasteiger partial charge in [-0.25, -0.2) is 0 Å². The van der Waals surface area contributed by atoms with Gasteiger partial charge in [-0.1, -0.05) is 12.1 Å². The van der Waals surface area contributed by atoms with Crippen LogP contribution in [-0.2, 0) is 17.6 Å². The number of carbonyl (C=O) groups is 1. The summed E-state index contributed by atoms with van der Waals surface area (Å²) in [5.74, 6) is 1.69. The predicted molar refractivity (Wildman–Crippen MR) is 81.0 cm³/mol. The van der Waals surface area contributed by atoms with Gasteiger partial charge in [0.05, 0.1) is 20.1 Å². The molecule has 1 N–H and O–H groups in total. The Labute approximate surface area is 123 Å². The van der Waals surface area contributed by atoms with Gasteiger partial charge in [-0.05, 0) is 41.5 Å². The van der Waals surface area contributed by atoms with Crippen molar-refractivity contribution >= 4 is 11.6 Å². The smallest absolute Gasteiger partial charge is 0.228 e. The van der Waals surface area contributed by atoms with Crippen molar-refractivity contribution in [2.24, 2.45) is 0 Å². The van der Waals surface area contributed by atoms with E-state index in [1.54, 1.807) is 7.11 Å². The molecule has 1 aliphatic heterocycles. The number of benzene rings is 2. The Balaban J connectivity index is 1.61. The van der Waals surface area contributed by atoms with Crippen molar-refractivity contribution in [1.82, 2.24) is 0 Å². The summed E-state index contributed by atoms with van der Waals surface area (Å²) < 4.78 is 10.8. The molecule has 1 heterocycles. The molecule has 0 saturated heterocycles. The van der Waals surface area contributed by atoms with Gasteiger partial charge in [0, 0.05) is 12.1 Å². The normalized spacial score (nSPS) is 12.7. The molecular weight excluding hydrogens is 266 g/mol. The molecule has 1 amide bonds. The van der Waals surface area contributed by atoms with Crippen LogP contribution in [0.4, 0.5) is 5.69 Å². The summed E-state index contributed by atoms with van der Waals surface area (Å²) in [5, 5.41) is 2.86. The second-order valence-electron chi connectivity index (χ2n) is 4.94. The van der Waals surface area contributed by atoms with Crippen LogP contribution in [0.3, 0.4) is 0 Å². The minimum atomic E-state index is 0.0634. The van der Waals surface area contributed by atoms with Crippen LogP contribution in [-0.4, -0.2) is 19.6 Å². The van der Waals surface area contributed by atoms with E-state index in [2.05, 4.69) is 11.4 Å². The number of hydrogen-bond donors (Lipinski definition) is 1. The molecule has 0 bridgehead atoms. The number of rotatable bonds is 5. The number of methoxy groups -OCH3 is 1. The van der Waals surface area contributed by atoms with Crippen molar-refractivity contribution in [3.8, 4) is 11.5 Å². The summed E-state index contributed by atoms with van der Waals surface area (Å²) in [6.45, 7) is 0.580. The first-order valence-electron chi connectivity index (χ1n) is 6.94. The van der Waals surface area contributed by atoms with E-state index in [-0.39, 0.29) is 5.91 Å². The highest BCUT2D eigenvalue weighted by Gasteiger charge is 2.19. The number of amides is 1. The largest absolute Gasteiger partial charge is 0.497 e. The first kappa shape index (κ1) is 13.5. The fourth-order valence-corrected chi connectivity index (χ4v) is 2.50. The maximum atomic E-state index is 11.5. The number of carbonyl (C=O) groups excluding carboxylic acids is 1. The minimum Gasteiger partial charge on any atom is -0.497 e. The lowest BCUT2D eigenvalue weighted by Crippen LogP contribution is -2.04. The average molecular weight is 283 g/mol. The molecule has 2 aromatic carbocycles. The monoisotopic (exact) mass is 283 g/mol. The Kier molecular flexibility index (Phi) is 3.77. The molecule has 0 unspecified atom stereocenters. The van der Waals surface area contributed by atoms with Gasteiger partial charge in [-0.2, -0.15) is 0 Å². The van der Waals surface area contributed by atoms with Crippen LogP contribution in [0.1, 0.15) is 11.1 Å². The first-order chi connectivity index (χ1) is 10.3. The minimum absolute atomic E-state index is 0.0634. The van der Waals surface area contributed by atoms with Gasteiger partial charge >= 0.3 is 0 Å². The van der Waals surface area contributed by atoms with Gasteiger partial charge in [-0.15, -0.1) is 0 Å². The van der Waals surface area contributed by atoms with E-state index in [9.17, 15) is 4.79 Å². The van der Waals surface area contributed by atoms with Gasteiger partial charge in [0.2, 0.25) is 5.91 Å². The number of hydrogen-bond acceptors (Lipinski definition) is 3. The molecule has 3 rings (SSSR count).